The minimum Gasteiger partial charge on any atom is -0.497 e. The zero-order valence-electron chi connectivity index (χ0n) is 24.8. The van der Waals surface area contributed by atoms with Crippen molar-refractivity contribution >= 4 is 27.5 Å². The van der Waals surface area contributed by atoms with E-state index in [4.69, 9.17) is 9.47 Å². The zero-order chi connectivity index (χ0) is 29.8. The van der Waals surface area contributed by atoms with Crippen LogP contribution in [0.25, 0.3) is 0 Å². The monoisotopic (exact) mass is 587 g/mol. The van der Waals surface area contributed by atoms with Crippen molar-refractivity contribution in [2.75, 3.05) is 30.8 Å². The molecule has 0 aliphatic heterocycles. The topological polar surface area (TPSA) is 105 Å². The van der Waals surface area contributed by atoms with Gasteiger partial charge in [-0.25, -0.2) is 8.42 Å². The van der Waals surface area contributed by atoms with Crippen molar-refractivity contribution in [2.45, 2.75) is 83.8 Å². The first-order valence-electron chi connectivity index (χ1n) is 14.6. The maximum absolute atomic E-state index is 13.7. The van der Waals surface area contributed by atoms with Crippen LogP contribution in [-0.4, -0.2) is 63.7 Å². The fraction of sp³-hybridized carbons (Fsp3) is 0.548. The highest BCUT2D eigenvalue weighted by molar-refractivity contribution is 7.92. The molecular weight excluding hydrogens is 542 g/mol. The number of amides is 2. The molecule has 226 valence electrons. The van der Waals surface area contributed by atoms with Crippen molar-refractivity contribution in [1.29, 1.82) is 0 Å². The minimum atomic E-state index is -3.58. The molecule has 1 aliphatic rings. The van der Waals surface area contributed by atoms with Crippen LogP contribution in [0, 0.1) is 0 Å². The Morgan fingerprint density at radius 1 is 0.976 bits per heavy atom. The first kappa shape index (κ1) is 32.2. The average Bonchev–Trinajstić information content (AvgIpc) is 2.96. The molecule has 2 amide bonds. The number of nitrogens with one attached hydrogen (secondary N) is 1. The Morgan fingerprint density at radius 3 is 2.17 bits per heavy atom. The van der Waals surface area contributed by atoms with Crippen molar-refractivity contribution in [3.8, 4) is 11.5 Å². The molecule has 0 heterocycles. The number of hydrogen-bond acceptors (Lipinski definition) is 6. The Labute approximate surface area is 245 Å². The summed E-state index contributed by atoms with van der Waals surface area (Å²) in [4.78, 5) is 28.8. The maximum atomic E-state index is 13.7. The van der Waals surface area contributed by atoms with Gasteiger partial charge in [0.15, 0.2) is 0 Å². The molecule has 2 aromatic rings. The smallest absolute Gasteiger partial charge is 0.243 e. The van der Waals surface area contributed by atoms with Crippen LogP contribution >= 0.6 is 0 Å². The molecule has 0 saturated heterocycles. The average molecular weight is 588 g/mol. The van der Waals surface area contributed by atoms with Crippen LogP contribution in [0.3, 0.4) is 0 Å². The van der Waals surface area contributed by atoms with Crippen molar-refractivity contribution in [1.82, 2.24) is 10.2 Å². The predicted octanol–water partition coefficient (Wildman–Crippen LogP) is 4.90. The van der Waals surface area contributed by atoms with Crippen LogP contribution in [-0.2, 0) is 26.2 Å². The van der Waals surface area contributed by atoms with Gasteiger partial charge < -0.3 is 19.7 Å². The number of ether oxygens (including phenoxy) is 2. The Morgan fingerprint density at radius 2 is 1.61 bits per heavy atom. The SMILES string of the molecule is CCOc1ccc(N(CCCC(=O)N(Cc2ccc(OC)cc2)[C@@H](CC)C(=O)NC2CCCCC2)S(C)(=O)=O)cc1. The lowest BCUT2D eigenvalue weighted by atomic mass is 9.95. The van der Waals surface area contributed by atoms with Gasteiger partial charge in [-0.1, -0.05) is 38.3 Å². The summed E-state index contributed by atoms with van der Waals surface area (Å²) in [5, 5.41) is 3.19. The molecule has 9 nitrogen and oxygen atoms in total. The maximum Gasteiger partial charge on any atom is 0.243 e. The number of methoxy groups -OCH3 is 1. The Kier molecular flexibility index (Phi) is 12.3. The number of benzene rings is 2. The standard InChI is InChI=1S/C31H45N3O6S/c1-5-29(31(36)32-25-11-8-7-9-12-25)33(23-24-14-18-27(39-3)19-15-24)30(35)13-10-22-34(41(4,37)38)26-16-20-28(21-17-26)40-6-2/h14-21,25,29H,5-13,22-23H2,1-4H3,(H,32,36)/t29-/m0/s1. The van der Waals surface area contributed by atoms with Crippen LogP contribution in [0.2, 0.25) is 0 Å². The summed E-state index contributed by atoms with van der Waals surface area (Å²) >= 11 is 0. The van der Waals surface area contributed by atoms with Gasteiger partial charge in [-0.15, -0.1) is 0 Å². The highest BCUT2D eigenvalue weighted by Gasteiger charge is 2.30. The molecule has 1 fully saturated rings. The van der Waals surface area contributed by atoms with E-state index in [9.17, 15) is 18.0 Å². The lowest BCUT2D eigenvalue weighted by Gasteiger charge is -2.33. The van der Waals surface area contributed by atoms with Gasteiger partial charge in [0.05, 0.1) is 25.7 Å². The third-order valence-corrected chi connectivity index (χ3v) is 8.63. The fourth-order valence-electron chi connectivity index (χ4n) is 5.27. The first-order chi connectivity index (χ1) is 19.7. The summed E-state index contributed by atoms with van der Waals surface area (Å²) in [6, 6.07) is 13.8. The summed E-state index contributed by atoms with van der Waals surface area (Å²) in [5.41, 5.74) is 1.40. The molecule has 1 N–H and O–H groups in total. The summed E-state index contributed by atoms with van der Waals surface area (Å²) in [6.45, 7) is 4.72. The number of rotatable bonds is 15. The number of hydrogen-bond donors (Lipinski definition) is 1. The Hall–Kier alpha value is -3.27. The van der Waals surface area contributed by atoms with Crippen molar-refractivity contribution in [2.24, 2.45) is 0 Å². The highest BCUT2D eigenvalue weighted by atomic mass is 32.2. The molecule has 1 atom stereocenters. The van der Waals surface area contributed by atoms with Gasteiger partial charge >= 0.3 is 0 Å². The van der Waals surface area contributed by atoms with Crippen LogP contribution in [0.15, 0.2) is 48.5 Å². The van der Waals surface area contributed by atoms with Gasteiger partial charge in [-0.2, -0.15) is 0 Å². The molecule has 41 heavy (non-hydrogen) atoms. The van der Waals surface area contributed by atoms with E-state index in [1.54, 1.807) is 36.3 Å². The first-order valence-corrected chi connectivity index (χ1v) is 16.4. The molecule has 0 spiro atoms. The number of nitrogens with zero attached hydrogens (tertiary/aromatic N) is 2. The summed E-state index contributed by atoms with van der Waals surface area (Å²) in [5.74, 6) is 1.05. The van der Waals surface area contributed by atoms with E-state index in [0.717, 1.165) is 37.5 Å². The second-order valence-electron chi connectivity index (χ2n) is 10.5. The Balaban J connectivity index is 1.74. The van der Waals surface area contributed by atoms with E-state index in [0.29, 0.717) is 36.6 Å². The summed E-state index contributed by atoms with van der Waals surface area (Å²) in [7, 11) is -1.98. The molecule has 10 heteroatoms. The highest BCUT2D eigenvalue weighted by Crippen LogP contribution is 2.24. The molecule has 0 aromatic heterocycles. The molecule has 1 saturated carbocycles. The van der Waals surface area contributed by atoms with E-state index in [1.807, 2.05) is 38.1 Å². The van der Waals surface area contributed by atoms with Gasteiger partial charge in [0, 0.05) is 25.6 Å². The zero-order valence-corrected chi connectivity index (χ0v) is 25.6. The number of sulfonamides is 1. The van der Waals surface area contributed by atoms with Gasteiger partial charge in [0.2, 0.25) is 21.8 Å². The largest absolute Gasteiger partial charge is 0.497 e. The van der Waals surface area contributed by atoms with Crippen molar-refractivity contribution in [3.63, 3.8) is 0 Å². The number of carbonyl (C=O) groups excluding carboxylic acids is 2. The second-order valence-corrected chi connectivity index (χ2v) is 12.4. The second kappa shape index (κ2) is 15.7. The normalized spacial score (nSPS) is 14.6. The van der Waals surface area contributed by atoms with Gasteiger partial charge in [-0.05, 0) is 74.6 Å². The van der Waals surface area contributed by atoms with Gasteiger partial charge in [-0.3, -0.25) is 13.9 Å². The molecule has 0 radical (unpaired) electrons. The lowest BCUT2D eigenvalue weighted by Crippen LogP contribution is -2.51. The number of anilines is 1. The van der Waals surface area contributed by atoms with Gasteiger partial charge in [0.1, 0.15) is 17.5 Å². The van der Waals surface area contributed by atoms with Crippen LogP contribution in [0.5, 0.6) is 11.5 Å². The van der Waals surface area contributed by atoms with Gasteiger partial charge in [0.25, 0.3) is 0 Å². The lowest BCUT2D eigenvalue weighted by molar-refractivity contribution is -0.141. The van der Waals surface area contributed by atoms with E-state index >= 15 is 0 Å². The molecule has 2 aromatic carbocycles. The van der Waals surface area contributed by atoms with E-state index < -0.39 is 16.1 Å². The summed E-state index contributed by atoms with van der Waals surface area (Å²) < 4.78 is 37.3. The van der Waals surface area contributed by atoms with Crippen molar-refractivity contribution in [3.05, 3.63) is 54.1 Å². The Bertz CT molecular complexity index is 1210. The molecule has 0 unspecified atom stereocenters. The van der Waals surface area contributed by atoms with E-state index in [2.05, 4.69) is 5.32 Å². The third-order valence-electron chi connectivity index (χ3n) is 7.44. The number of carbonyl (C=O) groups is 2. The predicted molar refractivity (Wildman–Crippen MR) is 162 cm³/mol. The third kappa shape index (κ3) is 9.66. The quantitative estimate of drug-likeness (QED) is 0.318. The van der Waals surface area contributed by atoms with Crippen LogP contribution in [0.1, 0.15) is 70.8 Å². The molecule has 1 aliphatic carbocycles. The molecular formula is C31H45N3O6S. The fourth-order valence-corrected chi connectivity index (χ4v) is 6.24. The molecule has 3 rings (SSSR count). The van der Waals surface area contributed by atoms with Crippen molar-refractivity contribution < 1.29 is 27.5 Å². The van der Waals surface area contributed by atoms with E-state index in [-0.39, 0.29) is 37.4 Å². The van der Waals surface area contributed by atoms with Crippen LogP contribution < -0.4 is 19.1 Å². The molecule has 0 bridgehead atoms. The van der Waals surface area contributed by atoms with Crippen LogP contribution in [0.4, 0.5) is 5.69 Å². The minimum absolute atomic E-state index is 0.104. The summed E-state index contributed by atoms with van der Waals surface area (Å²) in [6.07, 6.45) is 7.34. The van der Waals surface area contributed by atoms with E-state index in [1.165, 1.54) is 10.7 Å².